The molecule has 21 heavy (non-hydrogen) atoms. The number of thioether (sulfide) groups is 1. The molecule has 0 fully saturated rings. The highest BCUT2D eigenvalue weighted by molar-refractivity contribution is 7.98. The molecular weight excluding hydrogens is 284 g/mol. The van der Waals surface area contributed by atoms with E-state index in [4.69, 9.17) is 0 Å². The van der Waals surface area contributed by atoms with Gasteiger partial charge < -0.3 is 4.90 Å². The lowest BCUT2D eigenvalue weighted by molar-refractivity contribution is 0.0742. The molecule has 5 nitrogen and oxygen atoms in total. The molecule has 1 amide bonds. The van der Waals surface area contributed by atoms with Gasteiger partial charge >= 0.3 is 0 Å². The van der Waals surface area contributed by atoms with E-state index < -0.39 is 0 Å². The Bertz CT molecular complexity index is 588. The minimum absolute atomic E-state index is 0.0487. The fourth-order valence-corrected chi connectivity index (χ4v) is 2.21. The van der Waals surface area contributed by atoms with Gasteiger partial charge in [-0.2, -0.15) is 0 Å². The first-order valence-electron chi connectivity index (χ1n) is 6.65. The summed E-state index contributed by atoms with van der Waals surface area (Å²) in [5, 5.41) is 0.663. The summed E-state index contributed by atoms with van der Waals surface area (Å²) in [6.45, 7) is 2.00. The van der Waals surface area contributed by atoms with Crippen LogP contribution in [-0.4, -0.2) is 45.1 Å². The van der Waals surface area contributed by atoms with Crippen LogP contribution in [0.15, 0.2) is 41.9 Å². The predicted octanol–water partition coefficient (Wildman–Crippen LogP) is 2.30. The number of likely N-dealkylation sites (N-methyl/N-ethyl adjacent to an activating group) is 1. The lowest BCUT2D eigenvalue weighted by Gasteiger charge is -2.24. The lowest BCUT2D eigenvalue weighted by Crippen LogP contribution is -2.36. The quantitative estimate of drug-likeness (QED) is 0.626. The lowest BCUT2D eigenvalue weighted by atomic mass is 10.1. The van der Waals surface area contributed by atoms with E-state index in [0.717, 1.165) is 5.69 Å². The van der Waals surface area contributed by atoms with Crippen molar-refractivity contribution in [3.63, 3.8) is 0 Å². The van der Waals surface area contributed by atoms with E-state index >= 15 is 0 Å². The van der Waals surface area contributed by atoms with E-state index in [-0.39, 0.29) is 11.9 Å². The molecule has 0 unspecified atom stereocenters. The number of hydrogen-bond acceptors (Lipinski definition) is 5. The molecule has 0 bridgehead atoms. The Morgan fingerprint density at radius 2 is 2.00 bits per heavy atom. The molecule has 0 aliphatic rings. The number of rotatable bonds is 5. The average Bonchev–Trinajstić information content (AvgIpc) is 2.54. The molecule has 0 aliphatic heterocycles. The molecule has 0 aliphatic carbocycles. The van der Waals surface area contributed by atoms with Crippen molar-refractivity contribution in [2.45, 2.75) is 24.5 Å². The van der Waals surface area contributed by atoms with E-state index in [1.807, 2.05) is 31.4 Å². The summed E-state index contributed by atoms with van der Waals surface area (Å²) < 4.78 is 0. The Balaban J connectivity index is 2.03. The Kier molecular flexibility index (Phi) is 5.27. The molecule has 0 saturated carbocycles. The predicted molar refractivity (Wildman–Crippen MR) is 83.3 cm³/mol. The Hall–Kier alpha value is -1.95. The first-order valence-corrected chi connectivity index (χ1v) is 7.87. The SMILES string of the molecule is CSc1ncc(C(=O)N(C)[C@H](C)Cc2ccccn2)cn1. The van der Waals surface area contributed by atoms with Crippen molar-refractivity contribution in [1.29, 1.82) is 0 Å². The molecule has 2 rings (SSSR count). The largest absolute Gasteiger partial charge is 0.339 e. The second-order valence-electron chi connectivity index (χ2n) is 4.75. The van der Waals surface area contributed by atoms with Crippen LogP contribution in [-0.2, 0) is 6.42 Å². The summed E-state index contributed by atoms with van der Waals surface area (Å²) in [6, 6.07) is 5.85. The number of aromatic nitrogens is 3. The van der Waals surface area contributed by atoms with E-state index in [1.54, 1.807) is 30.5 Å². The molecular formula is C15H18N4OS. The van der Waals surface area contributed by atoms with Gasteiger partial charge in [0, 0.05) is 43.8 Å². The minimum atomic E-state index is -0.0777. The maximum atomic E-state index is 12.4. The number of hydrogen-bond donors (Lipinski definition) is 0. The van der Waals surface area contributed by atoms with E-state index in [1.165, 1.54) is 11.8 Å². The van der Waals surface area contributed by atoms with Crippen molar-refractivity contribution in [2.75, 3.05) is 13.3 Å². The summed E-state index contributed by atoms with van der Waals surface area (Å²) >= 11 is 1.45. The molecule has 110 valence electrons. The Labute approximate surface area is 128 Å². The second kappa shape index (κ2) is 7.17. The summed E-state index contributed by atoms with van der Waals surface area (Å²) in [7, 11) is 1.79. The molecule has 2 heterocycles. The highest BCUT2D eigenvalue weighted by atomic mass is 32.2. The van der Waals surface area contributed by atoms with Crippen LogP contribution in [0.25, 0.3) is 0 Å². The van der Waals surface area contributed by atoms with Crippen molar-refractivity contribution in [3.05, 3.63) is 48.0 Å². The van der Waals surface area contributed by atoms with Gasteiger partial charge in [-0.05, 0) is 25.3 Å². The third-order valence-electron chi connectivity index (χ3n) is 3.27. The van der Waals surface area contributed by atoms with Crippen LogP contribution >= 0.6 is 11.8 Å². The normalized spacial score (nSPS) is 12.0. The van der Waals surface area contributed by atoms with Gasteiger partial charge in [-0.15, -0.1) is 0 Å². The van der Waals surface area contributed by atoms with Gasteiger partial charge in [0.15, 0.2) is 5.16 Å². The van der Waals surface area contributed by atoms with Crippen molar-refractivity contribution in [2.24, 2.45) is 0 Å². The Morgan fingerprint density at radius 3 is 2.57 bits per heavy atom. The first-order chi connectivity index (χ1) is 10.1. The van der Waals surface area contributed by atoms with Crippen molar-refractivity contribution in [1.82, 2.24) is 19.9 Å². The van der Waals surface area contributed by atoms with Gasteiger partial charge in [0.25, 0.3) is 5.91 Å². The number of pyridine rings is 1. The fourth-order valence-electron chi connectivity index (χ4n) is 1.89. The van der Waals surface area contributed by atoms with E-state index in [0.29, 0.717) is 17.1 Å². The molecule has 0 radical (unpaired) electrons. The van der Waals surface area contributed by atoms with Gasteiger partial charge in [-0.25, -0.2) is 9.97 Å². The molecule has 2 aromatic rings. The minimum Gasteiger partial charge on any atom is -0.339 e. The molecule has 0 saturated heterocycles. The summed E-state index contributed by atoms with van der Waals surface area (Å²) in [5.74, 6) is -0.0777. The highest BCUT2D eigenvalue weighted by Crippen LogP contribution is 2.11. The number of carbonyl (C=O) groups is 1. The second-order valence-corrected chi connectivity index (χ2v) is 5.52. The number of nitrogens with zero attached hydrogens (tertiary/aromatic N) is 4. The zero-order valence-electron chi connectivity index (χ0n) is 12.4. The third-order valence-corrected chi connectivity index (χ3v) is 3.85. The van der Waals surface area contributed by atoms with Crippen LogP contribution in [0, 0.1) is 0 Å². The van der Waals surface area contributed by atoms with Crippen molar-refractivity contribution in [3.8, 4) is 0 Å². The molecule has 0 spiro atoms. The Morgan fingerprint density at radius 1 is 1.29 bits per heavy atom. The van der Waals surface area contributed by atoms with Gasteiger partial charge in [-0.1, -0.05) is 17.8 Å². The van der Waals surface area contributed by atoms with E-state index in [2.05, 4.69) is 15.0 Å². The summed E-state index contributed by atoms with van der Waals surface area (Å²) in [5.41, 5.74) is 1.47. The zero-order valence-corrected chi connectivity index (χ0v) is 13.2. The van der Waals surface area contributed by atoms with Gasteiger partial charge in [-0.3, -0.25) is 9.78 Å². The van der Waals surface area contributed by atoms with Crippen LogP contribution in [0.3, 0.4) is 0 Å². The smallest absolute Gasteiger partial charge is 0.256 e. The highest BCUT2D eigenvalue weighted by Gasteiger charge is 2.18. The van der Waals surface area contributed by atoms with Crippen LogP contribution in [0.5, 0.6) is 0 Å². The maximum Gasteiger partial charge on any atom is 0.256 e. The van der Waals surface area contributed by atoms with Crippen molar-refractivity contribution < 1.29 is 4.79 Å². The molecule has 6 heteroatoms. The zero-order chi connectivity index (χ0) is 15.2. The first kappa shape index (κ1) is 15.4. The molecule has 0 N–H and O–H groups in total. The van der Waals surface area contributed by atoms with E-state index in [9.17, 15) is 4.79 Å². The number of amides is 1. The van der Waals surface area contributed by atoms with Gasteiger partial charge in [0.1, 0.15) is 0 Å². The topological polar surface area (TPSA) is 59.0 Å². The maximum absolute atomic E-state index is 12.4. The van der Waals surface area contributed by atoms with Crippen molar-refractivity contribution >= 4 is 17.7 Å². The van der Waals surface area contributed by atoms with Crippen LogP contribution in [0.2, 0.25) is 0 Å². The third kappa shape index (κ3) is 4.01. The summed E-state index contributed by atoms with van der Waals surface area (Å²) in [4.78, 5) is 26.7. The molecule has 2 aromatic heterocycles. The fraction of sp³-hybridized carbons (Fsp3) is 0.333. The standard InChI is InChI=1S/C15H18N4OS/c1-11(8-13-6-4-5-7-16-13)19(2)14(20)12-9-17-15(21-3)18-10-12/h4-7,9-11H,8H2,1-3H3/t11-/m1/s1. The summed E-state index contributed by atoms with van der Waals surface area (Å²) in [6.07, 6.45) is 7.53. The van der Waals surface area contributed by atoms with Gasteiger partial charge in [0.2, 0.25) is 0 Å². The van der Waals surface area contributed by atoms with Crippen LogP contribution < -0.4 is 0 Å². The monoisotopic (exact) mass is 302 g/mol. The van der Waals surface area contributed by atoms with Gasteiger partial charge in [0.05, 0.1) is 5.56 Å². The average molecular weight is 302 g/mol. The molecule has 0 aromatic carbocycles. The number of carbonyl (C=O) groups excluding carboxylic acids is 1. The molecule has 1 atom stereocenters. The van der Waals surface area contributed by atoms with Crippen LogP contribution in [0.1, 0.15) is 23.0 Å². The van der Waals surface area contributed by atoms with Crippen LogP contribution in [0.4, 0.5) is 0 Å².